The van der Waals surface area contributed by atoms with Crippen molar-refractivity contribution >= 4 is 16.9 Å². The zero-order valence-corrected chi connectivity index (χ0v) is 18.8. The first-order valence-electron chi connectivity index (χ1n) is 10.5. The number of amides is 1. The summed E-state index contributed by atoms with van der Waals surface area (Å²) >= 11 is 0. The quantitative estimate of drug-likeness (QED) is 0.423. The van der Waals surface area contributed by atoms with Crippen molar-refractivity contribution in [3.05, 3.63) is 84.2 Å². The first-order chi connectivity index (χ1) is 15.5. The minimum Gasteiger partial charge on any atom is -0.493 e. The largest absolute Gasteiger partial charge is 0.493 e. The smallest absolute Gasteiger partial charge is 0.227 e. The highest BCUT2D eigenvalue weighted by molar-refractivity contribution is 5.79. The number of methoxy groups -OCH3 is 2. The summed E-state index contributed by atoms with van der Waals surface area (Å²) in [5.41, 5.74) is 5.02. The van der Waals surface area contributed by atoms with Gasteiger partial charge in [-0.05, 0) is 54.4 Å². The van der Waals surface area contributed by atoms with E-state index in [0.717, 1.165) is 27.8 Å². The number of carbonyl (C=O) groups excluding carboxylic acids is 1. The summed E-state index contributed by atoms with van der Waals surface area (Å²) in [6.45, 7) is 2.04. The summed E-state index contributed by atoms with van der Waals surface area (Å²) in [5.74, 6) is 1.31. The average molecular weight is 430 g/mol. The van der Waals surface area contributed by atoms with Crippen molar-refractivity contribution in [2.24, 2.45) is 0 Å². The molecule has 0 N–H and O–H groups in total. The highest BCUT2D eigenvalue weighted by atomic mass is 16.5. The number of benzene rings is 3. The summed E-state index contributed by atoms with van der Waals surface area (Å²) in [4.78, 5) is 19.2. The van der Waals surface area contributed by atoms with E-state index in [2.05, 4.69) is 39.9 Å². The van der Waals surface area contributed by atoms with E-state index in [1.807, 2.05) is 56.7 Å². The molecule has 0 bridgehead atoms. The van der Waals surface area contributed by atoms with Gasteiger partial charge in [0.15, 0.2) is 11.5 Å². The van der Waals surface area contributed by atoms with Gasteiger partial charge in [-0.25, -0.2) is 4.98 Å². The van der Waals surface area contributed by atoms with Crippen molar-refractivity contribution in [3.8, 4) is 17.2 Å². The van der Waals surface area contributed by atoms with E-state index in [-0.39, 0.29) is 11.9 Å². The van der Waals surface area contributed by atoms with Crippen molar-refractivity contribution in [1.29, 1.82) is 0 Å². The van der Waals surface area contributed by atoms with Crippen LogP contribution in [0.1, 0.15) is 24.1 Å². The van der Waals surface area contributed by atoms with E-state index in [1.54, 1.807) is 19.1 Å². The summed E-state index contributed by atoms with van der Waals surface area (Å²) in [7, 11) is 5.03. The maximum atomic E-state index is 12.9. The molecule has 1 heterocycles. The lowest BCUT2D eigenvalue weighted by molar-refractivity contribution is -0.131. The molecule has 4 aromatic rings. The van der Waals surface area contributed by atoms with E-state index >= 15 is 0 Å². The van der Waals surface area contributed by atoms with Gasteiger partial charge in [-0.3, -0.25) is 9.36 Å². The van der Waals surface area contributed by atoms with E-state index < -0.39 is 0 Å². The van der Waals surface area contributed by atoms with E-state index in [0.29, 0.717) is 17.9 Å². The first kappa shape index (κ1) is 21.4. The van der Waals surface area contributed by atoms with Crippen LogP contribution in [0.4, 0.5) is 0 Å². The maximum Gasteiger partial charge on any atom is 0.227 e. The summed E-state index contributed by atoms with van der Waals surface area (Å²) in [5, 5.41) is 0. The van der Waals surface area contributed by atoms with Crippen molar-refractivity contribution in [2.75, 3.05) is 21.3 Å². The Morgan fingerprint density at radius 3 is 2.44 bits per heavy atom. The molecule has 6 nitrogen and oxygen atoms in total. The van der Waals surface area contributed by atoms with Gasteiger partial charge in [0.25, 0.3) is 0 Å². The van der Waals surface area contributed by atoms with Crippen LogP contribution in [0.3, 0.4) is 0 Å². The minimum absolute atomic E-state index is 0.0365. The number of carbonyl (C=O) groups is 1. The molecule has 6 heteroatoms. The normalized spacial score (nSPS) is 11.9. The zero-order chi connectivity index (χ0) is 22.7. The standard InChI is InChI=1S/C26H27N3O3/c1-18(28(2)26(30)16-19-9-14-24(31-3)25(15-19)32-4)20-10-12-21(13-11-20)29-17-27-22-7-5-6-8-23(22)29/h5-15,17-18H,16H2,1-4H3/t18-/m0/s1. The molecule has 1 aromatic heterocycles. The molecule has 0 fully saturated rings. The predicted octanol–water partition coefficient (Wildman–Crippen LogP) is 4.80. The fourth-order valence-corrected chi connectivity index (χ4v) is 3.81. The second-order valence-electron chi connectivity index (χ2n) is 7.74. The fraction of sp³-hybridized carbons (Fsp3) is 0.231. The van der Waals surface area contributed by atoms with Crippen LogP contribution in [0.2, 0.25) is 0 Å². The third kappa shape index (κ3) is 4.17. The fourth-order valence-electron chi connectivity index (χ4n) is 3.81. The van der Waals surface area contributed by atoms with Gasteiger partial charge in [-0.15, -0.1) is 0 Å². The zero-order valence-electron chi connectivity index (χ0n) is 18.8. The Labute approximate surface area is 188 Å². The molecule has 1 atom stereocenters. The number of nitrogens with zero attached hydrogens (tertiary/aromatic N) is 3. The second-order valence-corrected chi connectivity index (χ2v) is 7.74. The van der Waals surface area contributed by atoms with Gasteiger partial charge < -0.3 is 14.4 Å². The lowest BCUT2D eigenvalue weighted by atomic mass is 10.0. The average Bonchev–Trinajstić information content (AvgIpc) is 3.27. The highest BCUT2D eigenvalue weighted by Gasteiger charge is 2.19. The van der Waals surface area contributed by atoms with Gasteiger partial charge in [0, 0.05) is 12.7 Å². The number of likely N-dealkylation sites (N-methyl/N-ethyl adjacent to an activating group) is 1. The molecule has 1 amide bonds. The van der Waals surface area contributed by atoms with E-state index in [1.165, 1.54) is 0 Å². The van der Waals surface area contributed by atoms with Crippen LogP contribution in [0.15, 0.2) is 73.1 Å². The van der Waals surface area contributed by atoms with Crippen LogP contribution in [-0.2, 0) is 11.2 Å². The molecule has 0 spiro atoms. The summed E-state index contributed by atoms with van der Waals surface area (Å²) in [6.07, 6.45) is 2.13. The van der Waals surface area contributed by atoms with Crippen LogP contribution in [0.25, 0.3) is 16.7 Å². The van der Waals surface area contributed by atoms with Crippen molar-refractivity contribution in [1.82, 2.24) is 14.5 Å². The van der Waals surface area contributed by atoms with Gasteiger partial charge in [0.05, 0.1) is 37.7 Å². The predicted molar refractivity (Wildman–Crippen MR) is 126 cm³/mol. The van der Waals surface area contributed by atoms with Crippen molar-refractivity contribution in [2.45, 2.75) is 19.4 Å². The SMILES string of the molecule is COc1ccc(CC(=O)N(C)[C@@H](C)c2ccc(-n3cnc4ccccc43)cc2)cc1OC. The van der Waals surface area contributed by atoms with E-state index in [9.17, 15) is 4.79 Å². The van der Waals surface area contributed by atoms with Crippen LogP contribution in [-0.4, -0.2) is 41.6 Å². The molecule has 0 aliphatic rings. The first-order valence-corrected chi connectivity index (χ1v) is 10.5. The Hall–Kier alpha value is -3.80. The molecule has 0 unspecified atom stereocenters. The summed E-state index contributed by atoms with van der Waals surface area (Å²) in [6, 6.07) is 21.8. The van der Waals surface area contributed by atoms with Crippen LogP contribution < -0.4 is 9.47 Å². The topological polar surface area (TPSA) is 56.6 Å². The van der Waals surface area contributed by atoms with Crippen LogP contribution in [0.5, 0.6) is 11.5 Å². The monoisotopic (exact) mass is 429 g/mol. The van der Waals surface area contributed by atoms with Gasteiger partial charge >= 0.3 is 0 Å². The molecule has 0 saturated heterocycles. The molecule has 32 heavy (non-hydrogen) atoms. The summed E-state index contributed by atoms with van der Waals surface area (Å²) < 4.78 is 12.7. The number of hydrogen-bond acceptors (Lipinski definition) is 4. The molecule has 0 saturated carbocycles. The number of rotatable bonds is 7. The molecule has 0 radical (unpaired) electrons. The van der Waals surface area contributed by atoms with Gasteiger partial charge in [0.2, 0.25) is 5.91 Å². The Morgan fingerprint density at radius 2 is 1.72 bits per heavy atom. The van der Waals surface area contributed by atoms with Gasteiger partial charge in [0.1, 0.15) is 6.33 Å². The highest BCUT2D eigenvalue weighted by Crippen LogP contribution is 2.28. The third-order valence-corrected chi connectivity index (χ3v) is 5.88. The molecular weight excluding hydrogens is 402 g/mol. The third-order valence-electron chi connectivity index (χ3n) is 5.88. The van der Waals surface area contributed by atoms with Crippen LogP contribution >= 0.6 is 0 Å². The minimum atomic E-state index is -0.0591. The molecular formula is C26H27N3O3. The number of para-hydroxylation sites is 2. The Kier molecular flexibility index (Phi) is 6.12. The van der Waals surface area contributed by atoms with Crippen molar-refractivity contribution < 1.29 is 14.3 Å². The molecule has 0 aliphatic carbocycles. The molecule has 4 rings (SSSR count). The van der Waals surface area contributed by atoms with Crippen LogP contribution in [0, 0.1) is 0 Å². The number of ether oxygens (including phenoxy) is 2. The molecule has 164 valence electrons. The number of aromatic nitrogens is 2. The number of imidazole rings is 1. The lowest BCUT2D eigenvalue weighted by Gasteiger charge is -2.26. The van der Waals surface area contributed by atoms with Gasteiger partial charge in [-0.1, -0.05) is 30.3 Å². The van der Waals surface area contributed by atoms with Crippen molar-refractivity contribution in [3.63, 3.8) is 0 Å². The Morgan fingerprint density at radius 1 is 1.00 bits per heavy atom. The second kappa shape index (κ2) is 9.14. The Balaban J connectivity index is 1.47. The maximum absolute atomic E-state index is 12.9. The molecule has 3 aromatic carbocycles. The molecule has 0 aliphatic heterocycles. The van der Waals surface area contributed by atoms with E-state index in [4.69, 9.17) is 9.47 Å². The van der Waals surface area contributed by atoms with Gasteiger partial charge in [-0.2, -0.15) is 0 Å². The Bertz CT molecular complexity index is 1230. The number of fused-ring (bicyclic) bond motifs is 1. The number of hydrogen-bond donors (Lipinski definition) is 0. The lowest BCUT2D eigenvalue weighted by Crippen LogP contribution is -2.31.